The van der Waals surface area contributed by atoms with Gasteiger partial charge in [-0.15, -0.1) is 11.3 Å². The standard InChI is InChI=1S/C19H29N5OS/c1-5-24(6-2)12-11-15-7-9-16(10-8-15)21-18(25)20-13-17-14-26-19(22-17)23(3)4/h7-10,14H,5-6,11-13H2,1-4H3,(H2,20,21,25). The van der Waals surface area contributed by atoms with Gasteiger partial charge in [-0.1, -0.05) is 26.0 Å². The fraction of sp³-hybridized carbons (Fsp3) is 0.474. The summed E-state index contributed by atoms with van der Waals surface area (Å²) in [5.41, 5.74) is 2.93. The van der Waals surface area contributed by atoms with E-state index >= 15 is 0 Å². The number of nitrogens with zero attached hydrogens (tertiary/aromatic N) is 3. The maximum Gasteiger partial charge on any atom is 0.319 e. The second-order valence-corrected chi connectivity index (χ2v) is 7.13. The molecule has 2 rings (SSSR count). The van der Waals surface area contributed by atoms with Gasteiger partial charge >= 0.3 is 6.03 Å². The summed E-state index contributed by atoms with van der Waals surface area (Å²) in [5.74, 6) is 0. The quantitative estimate of drug-likeness (QED) is 0.705. The minimum absolute atomic E-state index is 0.222. The number of amides is 2. The van der Waals surface area contributed by atoms with E-state index in [4.69, 9.17) is 0 Å². The van der Waals surface area contributed by atoms with Crippen LogP contribution in [-0.4, -0.2) is 49.6 Å². The number of nitrogens with one attached hydrogen (secondary N) is 2. The molecule has 0 aliphatic heterocycles. The maximum atomic E-state index is 12.0. The molecule has 0 bridgehead atoms. The summed E-state index contributed by atoms with van der Waals surface area (Å²) < 4.78 is 0. The van der Waals surface area contributed by atoms with Crippen LogP contribution in [0.4, 0.5) is 15.6 Å². The lowest BCUT2D eigenvalue weighted by Gasteiger charge is -2.17. The van der Waals surface area contributed by atoms with Gasteiger partial charge in [0.05, 0.1) is 12.2 Å². The van der Waals surface area contributed by atoms with Gasteiger partial charge in [0.1, 0.15) is 0 Å². The summed E-state index contributed by atoms with van der Waals surface area (Å²) in [5, 5.41) is 8.59. The number of aromatic nitrogens is 1. The lowest BCUT2D eigenvalue weighted by Crippen LogP contribution is -2.28. The van der Waals surface area contributed by atoms with Crippen molar-refractivity contribution >= 4 is 28.2 Å². The summed E-state index contributed by atoms with van der Waals surface area (Å²) in [7, 11) is 3.91. The van der Waals surface area contributed by atoms with E-state index in [2.05, 4.69) is 46.5 Å². The van der Waals surface area contributed by atoms with Crippen LogP contribution in [0, 0.1) is 0 Å². The first-order valence-electron chi connectivity index (χ1n) is 8.99. The first-order chi connectivity index (χ1) is 12.5. The number of carbonyl (C=O) groups is 1. The monoisotopic (exact) mass is 375 g/mol. The predicted octanol–water partition coefficient (Wildman–Crippen LogP) is 3.42. The first kappa shape index (κ1) is 20.2. The van der Waals surface area contributed by atoms with Crippen LogP contribution in [0.3, 0.4) is 0 Å². The Morgan fingerprint density at radius 2 is 1.85 bits per heavy atom. The van der Waals surface area contributed by atoms with E-state index < -0.39 is 0 Å². The summed E-state index contributed by atoms with van der Waals surface area (Å²) in [6, 6.07) is 7.82. The smallest absolute Gasteiger partial charge is 0.319 e. The SMILES string of the molecule is CCN(CC)CCc1ccc(NC(=O)NCc2csc(N(C)C)n2)cc1. The van der Waals surface area contributed by atoms with Gasteiger partial charge in [0.25, 0.3) is 0 Å². The Hall–Kier alpha value is -2.12. The van der Waals surface area contributed by atoms with Gasteiger partial charge < -0.3 is 20.4 Å². The number of hydrogen-bond donors (Lipinski definition) is 2. The van der Waals surface area contributed by atoms with E-state index in [1.807, 2.05) is 36.5 Å². The van der Waals surface area contributed by atoms with Gasteiger partial charge in [-0.2, -0.15) is 0 Å². The first-order valence-corrected chi connectivity index (χ1v) is 9.87. The molecule has 1 heterocycles. The van der Waals surface area contributed by atoms with Gasteiger partial charge in [0.15, 0.2) is 5.13 Å². The molecule has 0 aliphatic rings. The molecule has 1 aromatic heterocycles. The van der Waals surface area contributed by atoms with Crippen LogP contribution in [0.25, 0.3) is 0 Å². The van der Waals surface area contributed by atoms with Crippen LogP contribution in [0.1, 0.15) is 25.1 Å². The van der Waals surface area contributed by atoms with Crippen molar-refractivity contribution in [3.63, 3.8) is 0 Å². The van der Waals surface area contributed by atoms with E-state index in [1.54, 1.807) is 11.3 Å². The lowest BCUT2D eigenvalue weighted by atomic mass is 10.1. The van der Waals surface area contributed by atoms with Gasteiger partial charge in [-0.25, -0.2) is 9.78 Å². The molecule has 0 radical (unpaired) electrons. The second-order valence-electron chi connectivity index (χ2n) is 6.30. The zero-order valence-electron chi connectivity index (χ0n) is 16.1. The van der Waals surface area contributed by atoms with Crippen molar-refractivity contribution in [3.05, 3.63) is 40.9 Å². The van der Waals surface area contributed by atoms with Crippen molar-refractivity contribution in [1.82, 2.24) is 15.2 Å². The third-order valence-electron chi connectivity index (χ3n) is 4.18. The minimum atomic E-state index is -0.222. The molecule has 1 aromatic carbocycles. The summed E-state index contributed by atoms with van der Waals surface area (Å²) in [6.45, 7) is 7.99. The Kier molecular flexibility index (Phi) is 7.87. The summed E-state index contributed by atoms with van der Waals surface area (Å²) in [6.07, 6.45) is 1.02. The van der Waals surface area contributed by atoms with Gasteiger partial charge in [-0.05, 0) is 37.2 Å². The highest BCUT2D eigenvalue weighted by molar-refractivity contribution is 7.13. The van der Waals surface area contributed by atoms with Crippen molar-refractivity contribution in [2.45, 2.75) is 26.8 Å². The predicted molar refractivity (Wildman–Crippen MR) is 110 cm³/mol. The molecule has 0 fully saturated rings. The van der Waals surface area contributed by atoms with E-state index in [0.717, 1.165) is 42.6 Å². The molecule has 0 aliphatic carbocycles. The van der Waals surface area contributed by atoms with E-state index in [1.165, 1.54) is 5.56 Å². The largest absolute Gasteiger partial charge is 0.354 e. The van der Waals surface area contributed by atoms with Crippen LogP contribution in [0.15, 0.2) is 29.6 Å². The molecule has 0 saturated carbocycles. The molecule has 2 N–H and O–H groups in total. The normalized spacial score (nSPS) is 10.8. The third-order valence-corrected chi connectivity index (χ3v) is 5.23. The number of anilines is 2. The second kappa shape index (κ2) is 10.1. The van der Waals surface area contributed by atoms with Crippen molar-refractivity contribution in [3.8, 4) is 0 Å². The van der Waals surface area contributed by atoms with Crippen molar-refractivity contribution in [1.29, 1.82) is 0 Å². The fourth-order valence-electron chi connectivity index (χ4n) is 2.51. The van der Waals surface area contributed by atoms with Gasteiger partial charge in [-0.3, -0.25) is 0 Å². The molecule has 6 nitrogen and oxygen atoms in total. The topological polar surface area (TPSA) is 60.5 Å². The van der Waals surface area contributed by atoms with Gasteiger partial charge in [0, 0.05) is 31.7 Å². The number of hydrogen-bond acceptors (Lipinski definition) is 5. The van der Waals surface area contributed by atoms with Crippen LogP contribution in [0.5, 0.6) is 0 Å². The zero-order valence-corrected chi connectivity index (χ0v) is 16.9. The molecule has 7 heteroatoms. The Morgan fingerprint density at radius 1 is 1.15 bits per heavy atom. The number of urea groups is 1. The van der Waals surface area contributed by atoms with Crippen LogP contribution < -0.4 is 15.5 Å². The molecule has 26 heavy (non-hydrogen) atoms. The van der Waals surface area contributed by atoms with Crippen LogP contribution in [-0.2, 0) is 13.0 Å². The molecular weight excluding hydrogens is 346 g/mol. The molecule has 0 unspecified atom stereocenters. The lowest BCUT2D eigenvalue weighted by molar-refractivity contribution is 0.251. The highest BCUT2D eigenvalue weighted by Crippen LogP contribution is 2.17. The Labute approximate surface area is 160 Å². The van der Waals surface area contributed by atoms with Crippen molar-refractivity contribution in [2.24, 2.45) is 0 Å². The summed E-state index contributed by atoms with van der Waals surface area (Å²) in [4.78, 5) is 20.8. The zero-order chi connectivity index (χ0) is 18.9. The third kappa shape index (κ3) is 6.31. The number of thiazole rings is 1. The summed E-state index contributed by atoms with van der Waals surface area (Å²) >= 11 is 1.56. The molecule has 142 valence electrons. The number of likely N-dealkylation sites (N-methyl/N-ethyl adjacent to an activating group) is 1. The molecule has 0 spiro atoms. The van der Waals surface area contributed by atoms with E-state index in [-0.39, 0.29) is 6.03 Å². The minimum Gasteiger partial charge on any atom is -0.354 e. The Morgan fingerprint density at radius 3 is 2.42 bits per heavy atom. The molecule has 2 aromatic rings. The highest BCUT2D eigenvalue weighted by Gasteiger charge is 2.06. The average molecular weight is 376 g/mol. The van der Waals surface area contributed by atoms with Crippen LogP contribution in [0.2, 0.25) is 0 Å². The maximum absolute atomic E-state index is 12.0. The Bertz CT molecular complexity index is 679. The van der Waals surface area contributed by atoms with Gasteiger partial charge in [0.2, 0.25) is 0 Å². The van der Waals surface area contributed by atoms with Crippen molar-refractivity contribution in [2.75, 3.05) is 43.9 Å². The number of carbonyl (C=O) groups excluding carboxylic acids is 1. The highest BCUT2D eigenvalue weighted by atomic mass is 32.1. The van der Waals surface area contributed by atoms with Crippen LogP contribution >= 0.6 is 11.3 Å². The number of rotatable bonds is 9. The van der Waals surface area contributed by atoms with E-state index in [9.17, 15) is 4.79 Å². The fourth-order valence-corrected chi connectivity index (χ4v) is 3.27. The molecule has 2 amide bonds. The van der Waals surface area contributed by atoms with E-state index in [0.29, 0.717) is 6.54 Å². The molecule has 0 saturated heterocycles. The van der Waals surface area contributed by atoms with Crippen molar-refractivity contribution < 1.29 is 4.79 Å². The average Bonchev–Trinajstić information content (AvgIpc) is 3.12. The molecular formula is C19H29N5OS. The Balaban J connectivity index is 1.77. The molecule has 0 atom stereocenters. The number of benzene rings is 1.